The molecular weight excluding hydrogens is 394 g/mol. The lowest BCUT2D eigenvalue weighted by molar-refractivity contribution is 0.562. The van der Waals surface area contributed by atoms with E-state index in [-0.39, 0.29) is 5.63 Å². The maximum Gasteiger partial charge on any atom is 0.361 e. The maximum atomic E-state index is 13.0. The maximum absolute atomic E-state index is 13.0. The Hall–Kier alpha value is -3.30. The fourth-order valence-electron chi connectivity index (χ4n) is 4.09. The predicted molar refractivity (Wildman–Crippen MR) is 122 cm³/mol. The Morgan fingerprint density at radius 2 is 1.57 bits per heavy atom. The predicted octanol–water partition coefficient (Wildman–Crippen LogP) is 6.23. The molecule has 0 bridgehead atoms. The fourth-order valence-corrected chi connectivity index (χ4v) is 4.25. The van der Waals surface area contributed by atoms with Crippen LogP contribution in [-0.2, 0) is 19.4 Å². The van der Waals surface area contributed by atoms with Gasteiger partial charge in [0.2, 0.25) is 0 Å². The highest BCUT2D eigenvalue weighted by atomic mass is 35.5. The Balaban J connectivity index is 1.68. The molecule has 0 spiro atoms. The fraction of sp³-hybridized carbons (Fsp3) is 0.115. The van der Waals surface area contributed by atoms with E-state index in [1.807, 2.05) is 53.1 Å². The van der Waals surface area contributed by atoms with E-state index in [4.69, 9.17) is 16.0 Å². The standard InChI is InChI=1S/C26H20ClNO2/c27-21-11-12-22-23(16-21)30-26(29)25-24(22)20(15-19-9-5-2-6-10-19)17-28(25)14-13-18-7-3-1-4-8-18/h1-12,16-17H,13-15H2. The molecule has 0 atom stereocenters. The first-order valence-electron chi connectivity index (χ1n) is 10.0. The molecule has 0 saturated carbocycles. The summed E-state index contributed by atoms with van der Waals surface area (Å²) >= 11 is 6.15. The molecule has 30 heavy (non-hydrogen) atoms. The molecule has 3 aromatic carbocycles. The van der Waals surface area contributed by atoms with Crippen LogP contribution in [0.15, 0.2) is 94.3 Å². The average Bonchev–Trinajstić information content (AvgIpc) is 3.12. The summed E-state index contributed by atoms with van der Waals surface area (Å²) in [6, 6.07) is 26.1. The van der Waals surface area contributed by atoms with Gasteiger partial charge in [-0.2, -0.15) is 0 Å². The molecule has 3 nitrogen and oxygen atoms in total. The number of nitrogens with zero attached hydrogens (tertiary/aromatic N) is 1. The first-order valence-corrected chi connectivity index (χ1v) is 10.4. The monoisotopic (exact) mass is 413 g/mol. The minimum absolute atomic E-state index is 0.327. The zero-order valence-electron chi connectivity index (χ0n) is 16.3. The van der Waals surface area contributed by atoms with Crippen molar-refractivity contribution in [1.29, 1.82) is 0 Å². The SMILES string of the molecule is O=c1oc2cc(Cl)ccc2c2c(Cc3ccccc3)cn(CCc3ccccc3)c12. The van der Waals surface area contributed by atoms with E-state index in [1.54, 1.807) is 6.07 Å². The molecule has 4 heteroatoms. The number of benzene rings is 3. The molecule has 0 unspecified atom stereocenters. The Kier molecular flexibility index (Phi) is 4.89. The Morgan fingerprint density at radius 3 is 2.30 bits per heavy atom. The smallest absolute Gasteiger partial charge is 0.361 e. The lowest BCUT2D eigenvalue weighted by atomic mass is 10.0. The summed E-state index contributed by atoms with van der Waals surface area (Å²) in [4.78, 5) is 13.0. The largest absolute Gasteiger partial charge is 0.421 e. The number of aromatic nitrogens is 1. The second-order valence-corrected chi connectivity index (χ2v) is 7.94. The van der Waals surface area contributed by atoms with Crippen LogP contribution in [-0.4, -0.2) is 4.57 Å². The topological polar surface area (TPSA) is 35.1 Å². The lowest BCUT2D eigenvalue weighted by Gasteiger charge is -2.06. The van der Waals surface area contributed by atoms with E-state index in [0.29, 0.717) is 22.7 Å². The van der Waals surface area contributed by atoms with Crippen molar-refractivity contribution in [1.82, 2.24) is 4.57 Å². The van der Waals surface area contributed by atoms with Gasteiger partial charge in [-0.3, -0.25) is 0 Å². The number of hydrogen-bond donors (Lipinski definition) is 0. The highest BCUT2D eigenvalue weighted by molar-refractivity contribution is 6.31. The van der Waals surface area contributed by atoms with Crippen LogP contribution in [0.4, 0.5) is 0 Å². The van der Waals surface area contributed by atoms with Gasteiger partial charge < -0.3 is 8.98 Å². The third-order valence-electron chi connectivity index (χ3n) is 5.49. The molecule has 0 saturated heterocycles. The minimum atomic E-state index is -0.327. The summed E-state index contributed by atoms with van der Waals surface area (Å²) in [6.07, 6.45) is 3.69. The molecule has 2 heterocycles. The van der Waals surface area contributed by atoms with Crippen molar-refractivity contribution in [2.24, 2.45) is 0 Å². The van der Waals surface area contributed by atoms with Crippen LogP contribution in [0.5, 0.6) is 0 Å². The number of halogens is 1. The van der Waals surface area contributed by atoms with E-state index < -0.39 is 0 Å². The van der Waals surface area contributed by atoms with Gasteiger partial charge in [-0.25, -0.2) is 4.79 Å². The molecule has 2 aromatic heterocycles. The third kappa shape index (κ3) is 3.53. The van der Waals surface area contributed by atoms with E-state index >= 15 is 0 Å². The first kappa shape index (κ1) is 18.7. The summed E-state index contributed by atoms with van der Waals surface area (Å²) in [5.74, 6) is 0. The molecule has 0 fully saturated rings. The van der Waals surface area contributed by atoms with Crippen LogP contribution >= 0.6 is 11.6 Å². The van der Waals surface area contributed by atoms with Crippen molar-refractivity contribution >= 4 is 33.5 Å². The Bertz CT molecular complexity index is 1390. The molecular formula is C26H20ClNO2. The van der Waals surface area contributed by atoms with Crippen LogP contribution in [0.2, 0.25) is 5.02 Å². The molecule has 5 rings (SSSR count). The molecule has 0 aliphatic rings. The highest BCUT2D eigenvalue weighted by Gasteiger charge is 2.17. The molecule has 0 N–H and O–H groups in total. The normalized spacial score (nSPS) is 11.4. The van der Waals surface area contributed by atoms with Gasteiger partial charge in [-0.1, -0.05) is 72.3 Å². The van der Waals surface area contributed by atoms with E-state index in [0.717, 1.165) is 29.2 Å². The van der Waals surface area contributed by atoms with Crippen LogP contribution < -0.4 is 5.63 Å². The van der Waals surface area contributed by atoms with Crippen LogP contribution in [0, 0.1) is 0 Å². The summed E-state index contributed by atoms with van der Waals surface area (Å²) < 4.78 is 7.69. The van der Waals surface area contributed by atoms with Crippen LogP contribution in [0.1, 0.15) is 16.7 Å². The van der Waals surface area contributed by atoms with Crippen molar-refractivity contribution in [3.63, 3.8) is 0 Å². The quantitative estimate of drug-likeness (QED) is 0.320. The number of rotatable bonds is 5. The molecule has 0 aliphatic carbocycles. The van der Waals surface area contributed by atoms with Crippen molar-refractivity contribution in [3.8, 4) is 0 Å². The molecule has 148 valence electrons. The summed E-state index contributed by atoms with van der Waals surface area (Å²) in [5.41, 5.74) is 4.37. The molecule has 0 radical (unpaired) electrons. The molecule has 0 amide bonds. The van der Waals surface area contributed by atoms with Gasteiger partial charge in [-0.05, 0) is 41.7 Å². The second kappa shape index (κ2) is 7.85. The van der Waals surface area contributed by atoms with E-state index in [2.05, 4.69) is 30.5 Å². The van der Waals surface area contributed by atoms with Crippen LogP contribution in [0.3, 0.4) is 0 Å². The van der Waals surface area contributed by atoms with Gasteiger partial charge in [0.1, 0.15) is 11.1 Å². The van der Waals surface area contributed by atoms with Gasteiger partial charge in [0.15, 0.2) is 0 Å². The van der Waals surface area contributed by atoms with Gasteiger partial charge in [0.25, 0.3) is 0 Å². The van der Waals surface area contributed by atoms with Crippen LogP contribution in [0.25, 0.3) is 21.9 Å². The van der Waals surface area contributed by atoms with Crippen molar-refractivity contribution in [2.45, 2.75) is 19.4 Å². The lowest BCUT2D eigenvalue weighted by Crippen LogP contribution is -2.08. The summed E-state index contributed by atoms with van der Waals surface area (Å²) in [5, 5.41) is 2.42. The van der Waals surface area contributed by atoms with E-state index in [1.165, 1.54) is 11.1 Å². The van der Waals surface area contributed by atoms with Crippen molar-refractivity contribution < 1.29 is 4.42 Å². The molecule has 5 aromatic rings. The number of aryl methyl sites for hydroxylation is 2. The minimum Gasteiger partial charge on any atom is -0.421 e. The van der Waals surface area contributed by atoms with Gasteiger partial charge >= 0.3 is 5.63 Å². The van der Waals surface area contributed by atoms with Crippen molar-refractivity contribution in [3.05, 3.63) is 117 Å². The zero-order valence-corrected chi connectivity index (χ0v) is 17.1. The summed E-state index contributed by atoms with van der Waals surface area (Å²) in [6.45, 7) is 0.707. The first-order chi connectivity index (χ1) is 14.7. The highest BCUT2D eigenvalue weighted by Crippen LogP contribution is 2.31. The van der Waals surface area contributed by atoms with Gasteiger partial charge in [0, 0.05) is 34.6 Å². The van der Waals surface area contributed by atoms with Gasteiger partial charge in [-0.15, -0.1) is 0 Å². The molecule has 0 aliphatic heterocycles. The average molecular weight is 414 g/mol. The van der Waals surface area contributed by atoms with Crippen molar-refractivity contribution in [2.75, 3.05) is 0 Å². The third-order valence-corrected chi connectivity index (χ3v) is 5.72. The number of fused-ring (bicyclic) bond motifs is 3. The zero-order chi connectivity index (χ0) is 20.5. The van der Waals surface area contributed by atoms with E-state index in [9.17, 15) is 4.79 Å². The second-order valence-electron chi connectivity index (χ2n) is 7.50. The van der Waals surface area contributed by atoms with Gasteiger partial charge in [0.05, 0.1) is 0 Å². The Morgan fingerprint density at radius 1 is 0.867 bits per heavy atom. The summed E-state index contributed by atoms with van der Waals surface area (Å²) in [7, 11) is 0. The Labute approximate surface area is 179 Å². The number of hydrogen-bond acceptors (Lipinski definition) is 2.